The maximum Gasteiger partial charge on any atom is 0.133 e. The van der Waals surface area contributed by atoms with Gasteiger partial charge in [-0.25, -0.2) is 4.98 Å². The molecule has 1 saturated heterocycles. The summed E-state index contributed by atoms with van der Waals surface area (Å²) in [6.07, 6.45) is 4.48. The SMILES string of the molecule is CCNCc1cccnc1N1CCCC1C. The Hall–Kier alpha value is -1.09. The number of aromatic nitrogens is 1. The highest BCUT2D eigenvalue weighted by molar-refractivity contribution is 5.48. The van der Waals surface area contributed by atoms with Gasteiger partial charge in [-0.3, -0.25) is 0 Å². The monoisotopic (exact) mass is 219 g/mol. The van der Waals surface area contributed by atoms with E-state index >= 15 is 0 Å². The second-order valence-corrected chi connectivity index (χ2v) is 4.45. The molecule has 0 spiro atoms. The minimum atomic E-state index is 0.635. The Morgan fingerprint density at radius 2 is 2.44 bits per heavy atom. The fourth-order valence-electron chi connectivity index (χ4n) is 2.33. The molecule has 0 bridgehead atoms. The summed E-state index contributed by atoms with van der Waals surface area (Å²) in [6, 6.07) is 4.84. The number of nitrogens with one attached hydrogen (secondary N) is 1. The summed E-state index contributed by atoms with van der Waals surface area (Å²) in [7, 11) is 0. The van der Waals surface area contributed by atoms with Gasteiger partial charge in [-0.1, -0.05) is 13.0 Å². The van der Waals surface area contributed by atoms with Gasteiger partial charge in [0.15, 0.2) is 0 Å². The molecule has 0 aromatic carbocycles. The van der Waals surface area contributed by atoms with Crippen LogP contribution >= 0.6 is 0 Å². The van der Waals surface area contributed by atoms with E-state index in [1.807, 2.05) is 12.3 Å². The van der Waals surface area contributed by atoms with Gasteiger partial charge in [0.2, 0.25) is 0 Å². The van der Waals surface area contributed by atoms with Gasteiger partial charge < -0.3 is 10.2 Å². The van der Waals surface area contributed by atoms with Crippen molar-refractivity contribution in [3.05, 3.63) is 23.9 Å². The zero-order chi connectivity index (χ0) is 11.4. The fraction of sp³-hybridized carbons (Fsp3) is 0.615. The third kappa shape index (κ3) is 2.35. The Morgan fingerprint density at radius 1 is 1.56 bits per heavy atom. The maximum absolute atomic E-state index is 4.55. The highest BCUT2D eigenvalue weighted by Crippen LogP contribution is 2.26. The Kier molecular flexibility index (Phi) is 3.78. The molecule has 3 heteroatoms. The fourth-order valence-corrected chi connectivity index (χ4v) is 2.33. The molecule has 2 rings (SSSR count). The zero-order valence-electron chi connectivity index (χ0n) is 10.2. The summed E-state index contributed by atoms with van der Waals surface area (Å²) in [5, 5.41) is 3.38. The second kappa shape index (κ2) is 5.30. The van der Waals surface area contributed by atoms with Gasteiger partial charge in [-0.05, 0) is 32.4 Å². The van der Waals surface area contributed by atoms with Crippen LogP contribution in [-0.2, 0) is 6.54 Å². The van der Waals surface area contributed by atoms with Gasteiger partial charge in [-0.15, -0.1) is 0 Å². The summed E-state index contributed by atoms with van der Waals surface area (Å²) >= 11 is 0. The van der Waals surface area contributed by atoms with E-state index in [9.17, 15) is 0 Å². The molecule has 1 aliphatic rings. The quantitative estimate of drug-likeness (QED) is 0.841. The third-order valence-electron chi connectivity index (χ3n) is 3.26. The van der Waals surface area contributed by atoms with Crippen LogP contribution in [0.2, 0.25) is 0 Å². The Balaban J connectivity index is 2.18. The number of hydrogen-bond donors (Lipinski definition) is 1. The molecule has 3 nitrogen and oxygen atoms in total. The van der Waals surface area contributed by atoms with E-state index in [2.05, 4.69) is 35.1 Å². The summed E-state index contributed by atoms with van der Waals surface area (Å²) in [5.74, 6) is 1.17. The van der Waals surface area contributed by atoms with Crippen molar-refractivity contribution in [2.45, 2.75) is 39.3 Å². The van der Waals surface area contributed by atoms with Gasteiger partial charge >= 0.3 is 0 Å². The number of hydrogen-bond acceptors (Lipinski definition) is 3. The van der Waals surface area contributed by atoms with E-state index in [0.29, 0.717) is 6.04 Å². The lowest BCUT2D eigenvalue weighted by Crippen LogP contribution is -2.29. The molecule has 0 amide bonds. The first-order valence-electron chi connectivity index (χ1n) is 6.24. The number of anilines is 1. The van der Waals surface area contributed by atoms with Crippen LogP contribution in [0, 0.1) is 0 Å². The molecule has 0 saturated carbocycles. The van der Waals surface area contributed by atoms with Crippen LogP contribution in [0.15, 0.2) is 18.3 Å². The third-order valence-corrected chi connectivity index (χ3v) is 3.26. The molecule has 2 heterocycles. The van der Waals surface area contributed by atoms with Crippen LogP contribution in [0.1, 0.15) is 32.3 Å². The van der Waals surface area contributed by atoms with Crippen molar-refractivity contribution in [2.75, 3.05) is 18.0 Å². The summed E-state index contributed by atoms with van der Waals surface area (Å²) < 4.78 is 0. The summed E-state index contributed by atoms with van der Waals surface area (Å²) in [6.45, 7) is 7.50. The largest absolute Gasteiger partial charge is 0.354 e. The number of rotatable bonds is 4. The van der Waals surface area contributed by atoms with Crippen molar-refractivity contribution in [3.63, 3.8) is 0 Å². The Bertz CT molecular complexity index is 338. The zero-order valence-corrected chi connectivity index (χ0v) is 10.2. The Morgan fingerprint density at radius 3 is 3.12 bits per heavy atom. The van der Waals surface area contributed by atoms with Crippen LogP contribution < -0.4 is 10.2 Å². The van der Waals surface area contributed by atoms with Crippen LogP contribution in [0.25, 0.3) is 0 Å². The van der Waals surface area contributed by atoms with Crippen LogP contribution in [0.5, 0.6) is 0 Å². The molecule has 1 fully saturated rings. The summed E-state index contributed by atoms with van der Waals surface area (Å²) in [5.41, 5.74) is 1.32. The molecule has 1 N–H and O–H groups in total. The molecule has 0 radical (unpaired) electrons. The average Bonchev–Trinajstić information content (AvgIpc) is 2.73. The van der Waals surface area contributed by atoms with Crippen molar-refractivity contribution in [1.82, 2.24) is 10.3 Å². The van der Waals surface area contributed by atoms with E-state index in [4.69, 9.17) is 0 Å². The van der Waals surface area contributed by atoms with Crippen molar-refractivity contribution < 1.29 is 0 Å². The van der Waals surface area contributed by atoms with E-state index in [1.165, 1.54) is 24.2 Å². The van der Waals surface area contributed by atoms with E-state index in [1.54, 1.807) is 0 Å². The molecule has 1 unspecified atom stereocenters. The predicted molar refractivity (Wildman–Crippen MR) is 67.7 cm³/mol. The highest BCUT2D eigenvalue weighted by atomic mass is 15.2. The summed E-state index contributed by atoms with van der Waals surface area (Å²) in [4.78, 5) is 6.99. The van der Waals surface area contributed by atoms with E-state index < -0.39 is 0 Å². The molecular weight excluding hydrogens is 198 g/mol. The van der Waals surface area contributed by atoms with Gasteiger partial charge in [0, 0.05) is 30.9 Å². The Labute approximate surface area is 97.9 Å². The van der Waals surface area contributed by atoms with Gasteiger partial charge in [0.1, 0.15) is 5.82 Å². The number of nitrogens with zero attached hydrogens (tertiary/aromatic N) is 2. The van der Waals surface area contributed by atoms with Crippen molar-refractivity contribution >= 4 is 5.82 Å². The first kappa shape index (κ1) is 11.4. The lowest BCUT2D eigenvalue weighted by Gasteiger charge is -2.25. The molecule has 1 aromatic heterocycles. The van der Waals surface area contributed by atoms with E-state index in [0.717, 1.165) is 19.6 Å². The topological polar surface area (TPSA) is 28.2 Å². The van der Waals surface area contributed by atoms with Crippen LogP contribution in [0.3, 0.4) is 0 Å². The molecule has 88 valence electrons. The van der Waals surface area contributed by atoms with Crippen LogP contribution in [0.4, 0.5) is 5.82 Å². The van der Waals surface area contributed by atoms with Crippen molar-refractivity contribution in [3.8, 4) is 0 Å². The smallest absolute Gasteiger partial charge is 0.133 e. The maximum atomic E-state index is 4.55. The standard InChI is InChI=1S/C13H21N3/c1-3-14-10-12-7-4-8-15-13(12)16-9-5-6-11(16)2/h4,7-8,11,14H,3,5-6,9-10H2,1-2H3. The molecule has 1 aliphatic heterocycles. The lowest BCUT2D eigenvalue weighted by molar-refractivity contribution is 0.697. The van der Waals surface area contributed by atoms with E-state index in [-0.39, 0.29) is 0 Å². The number of pyridine rings is 1. The molecular formula is C13H21N3. The van der Waals surface area contributed by atoms with Crippen molar-refractivity contribution in [2.24, 2.45) is 0 Å². The minimum Gasteiger partial charge on any atom is -0.354 e. The molecule has 1 atom stereocenters. The van der Waals surface area contributed by atoms with Gasteiger partial charge in [0.05, 0.1) is 0 Å². The minimum absolute atomic E-state index is 0.635. The van der Waals surface area contributed by atoms with Gasteiger partial charge in [0.25, 0.3) is 0 Å². The molecule has 16 heavy (non-hydrogen) atoms. The average molecular weight is 219 g/mol. The van der Waals surface area contributed by atoms with Gasteiger partial charge in [-0.2, -0.15) is 0 Å². The first-order valence-corrected chi connectivity index (χ1v) is 6.24. The molecule has 1 aromatic rings. The second-order valence-electron chi connectivity index (χ2n) is 4.45. The van der Waals surface area contributed by atoms with Crippen molar-refractivity contribution in [1.29, 1.82) is 0 Å². The lowest BCUT2D eigenvalue weighted by atomic mass is 10.2. The normalized spacial score (nSPS) is 20.4. The molecule has 0 aliphatic carbocycles. The predicted octanol–water partition coefficient (Wildman–Crippen LogP) is 2.18. The van der Waals surface area contributed by atoms with Crippen LogP contribution in [-0.4, -0.2) is 24.1 Å². The highest BCUT2D eigenvalue weighted by Gasteiger charge is 2.23. The first-order chi connectivity index (χ1) is 7.83.